The predicted octanol–water partition coefficient (Wildman–Crippen LogP) is 5.33. The van der Waals surface area contributed by atoms with Crippen molar-refractivity contribution >= 4 is 59.5 Å². The van der Waals surface area contributed by atoms with Gasteiger partial charge in [0.2, 0.25) is 0 Å². The molecule has 3 heterocycles. The Kier molecular flexibility index (Phi) is 8.46. The lowest BCUT2D eigenvalue weighted by atomic mass is 9.94. The van der Waals surface area contributed by atoms with E-state index in [4.69, 9.17) is 23.2 Å². The quantitative estimate of drug-likeness (QED) is 0.333. The Morgan fingerprint density at radius 3 is 2.35 bits per heavy atom. The molecule has 1 unspecified atom stereocenters. The molecular weight excluding hydrogens is 536 g/mol. The predicted molar refractivity (Wildman–Crippen MR) is 149 cm³/mol. The number of carbonyl (C=O) groups is 2. The lowest BCUT2D eigenvalue weighted by Gasteiger charge is -2.38. The van der Waals surface area contributed by atoms with Crippen molar-refractivity contribution in [2.75, 3.05) is 42.7 Å². The lowest BCUT2D eigenvalue weighted by Crippen LogP contribution is -2.50. The summed E-state index contributed by atoms with van der Waals surface area (Å²) in [5.74, 6) is 0.204. The van der Waals surface area contributed by atoms with Crippen LogP contribution < -0.4 is 10.2 Å². The molecular formula is C26H26Cl2FN5O2S. The number of aromatic nitrogens is 2. The van der Waals surface area contributed by atoms with Crippen LogP contribution in [0.4, 0.5) is 15.9 Å². The van der Waals surface area contributed by atoms with Gasteiger partial charge in [-0.05, 0) is 55.1 Å². The number of aldehydes is 1. The molecule has 0 aliphatic carbocycles. The highest BCUT2D eigenvalue weighted by Gasteiger charge is 2.36. The van der Waals surface area contributed by atoms with Crippen LogP contribution in [0.25, 0.3) is 0 Å². The zero-order valence-corrected chi connectivity index (χ0v) is 22.7. The Labute approximate surface area is 230 Å². The van der Waals surface area contributed by atoms with Crippen LogP contribution in [-0.4, -0.2) is 59.3 Å². The van der Waals surface area contributed by atoms with Crippen LogP contribution >= 0.6 is 35.8 Å². The van der Waals surface area contributed by atoms with Crippen molar-refractivity contribution in [2.24, 2.45) is 0 Å². The highest BCUT2D eigenvalue weighted by Crippen LogP contribution is 2.39. The van der Waals surface area contributed by atoms with Gasteiger partial charge in [0.1, 0.15) is 23.4 Å². The molecule has 11 heteroatoms. The zero-order chi connectivity index (χ0) is 26.7. The first-order valence-electron chi connectivity index (χ1n) is 11.6. The van der Waals surface area contributed by atoms with Crippen molar-refractivity contribution in [3.8, 4) is 0 Å². The number of halogens is 3. The number of carbonyl (C=O) groups excluding carboxylic acids is 2. The Morgan fingerprint density at radius 1 is 1.05 bits per heavy atom. The molecule has 0 spiro atoms. The van der Waals surface area contributed by atoms with Crippen molar-refractivity contribution in [2.45, 2.75) is 13.0 Å². The molecule has 194 valence electrons. The molecule has 3 aromatic rings. The van der Waals surface area contributed by atoms with E-state index in [0.717, 1.165) is 11.3 Å². The third-order valence-corrected chi connectivity index (χ3v) is 7.10. The van der Waals surface area contributed by atoms with Gasteiger partial charge in [0.05, 0.1) is 15.6 Å². The molecule has 1 saturated heterocycles. The van der Waals surface area contributed by atoms with Crippen LogP contribution in [0.15, 0.2) is 59.8 Å². The summed E-state index contributed by atoms with van der Waals surface area (Å²) < 4.78 is 14.9. The molecule has 37 heavy (non-hydrogen) atoms. The van der Waals surface area contributed by atoms with E-state index >= 15 is 0 Å². The summed E-state index contributed by atoms with van der Waals surface area (Å²) in [4.78, 5) is 29.2. The van der Waals surface area contributed by atoms with Crippen LogP contribution in [0.5, 0.6) is 0 Å². The Hall–Kier alpha value is -3.01. The fourth-order valence-corrected chi connectivity index (χ4v) is 4.91. The van der Waals surface area contributed by atoms with Crippen LogP contribution in [-0.2, 0) is 4.79 Å². The number of fused-ring (bicyclic) bond motifs is 1. The highest BCUT2D eigenvalue weighted by molar-refractivity contribution is 7.79. The van der Waals surface area contributed by atoms with Crippen molar-refractivity contribution in [3.05, 3.63) is 86.9 Å². The maximum absolute atomic E-state index is 13.9. The maximum atomic E-state index is 13.9. The summed E-state index contributed by atoms with van der Waals surface area (Å²) in [6.45, 7) is 4.09. The largest absolute Gasteiger partial charge is 0.368 e. The molecule has 2 aromatic carbocycles. The normalized spacial score (nSPS) is 17.0. The number of nitrogens with zero attached hydrogens (tertiary/aromatic N) is 4. The molecule has 0 saturated carbocycles. The van der Waals surface area contributed by atoms with Gasteiger partial charge in [-0.3, -0.25) is 9.59 Å². The zero-order valence-electron chi connectivity index (χ0n) is 20.3. The van der Waals surface area contributed by atoms with Gasteiger partial charge in [0.25, 0.3) is 5.91 Å². The van der Waals surface area contributed by atoms with Crippen LogP contribution in [0.3, 0.4) is 0 Å². The number of nitrogens with one attached hydrogen (secondary N) is 1. The van der Waals surface area contributed by atoms with Crippen molar-refractivity contribution in [1.82, 2.24) is 14.7 Å². The first-order valence-corrected chi connectivity index (χ1v) is 13.2. The maximum Gasteiger partial charge on any atom is 0.254 e. The van der Waals surface area contributed by atoms with E-state index in [-0.39, 0.29) is 17.4 Å². The first kappa shape index (κ1) is 27.0. The average molecular weight is 562 g/mol. The molecule has 2 aliphatic rings. The smallest absolute Gasteiger partial charge is 0.254 e. The minimum atomic E-state index is -0.586. The van der Waals surface area contributed by atoms with Gasteiger partial charge in [-0.1, -0.05) is 29.3 Å². The Bertz CT molecular complexity index is 1340. The van der Waals surface area contributed by atoms with Crippen LogP contribution in [0.2, 0.25) is 10.0 Å². The number of benzene rings is 2. The van der Waals surface area contributed by atoms with Crippen molar-refractivity contribution < 1.29 is 14.0 Å². The molecule has 0 radical (unpaired) electrons. The summed E-state index contributed by atoms with van der Waals surface area (Å²) in [6.07, 6.45) is 2.37. The summed E-state index contributed by atoms with van der Waals surface area (Å²) in [6, 6.07) is 12.6. The number of allylic oxidation sites excluding steroid dienone is 1. The number of rotatable bonds is 4. The fraction of sp³-hybridized carbons (Fsp3) is 0.269. The van der Waals surface area contributed by atoms with Gasteiger partial charge < -0.3 is 15.1 Å². The number of hydrogen-bond donors (Lipinski definition) is 2. The second kappa shape index (κ2) is 11.6. The third kappa shape index (κ3) is 5.49. The van der Waals surface area contributed by atoms with Crippen molar-refractivity contribution in [3.63, 3.8) is 0 Å². The minimum absolute atomic E-state index is 0.126. The summed E-state index contributed by atoms with van der Waals surface area (Å²) in [5, 5.41) is 8.41. The number of anilines is 2. The number of thiol groups is 1. The van der Waals surface area contributed by atoms with Gasteiger partial charge in [-0.2, -0.15) is 17.7 Å². The van der Waals surface area contributed by atoms with E-state index in [0.29, 0.717) is 59.6 Å². The second-order valence-electron chi connectivity index (χ2n) is 8.51. The molecule has 1 fully saturated rings. The third-order valence-electron chi connectivity index (χ3n) is 6.36. The van der Waals surface area contributed by atoms with Gasteiger partial charge in [-0.25, -0.2) is 9.07 Å². The van der Waals surface area contributed by atoms with E-state index < -0.39 is 6.04 Å². The Morgan fingerprint density at radius 2 is 1.73 bits per heavy atom. The van der Waals surface area contributed by atoms with Gasteiger partial charge in [0.15, 0.2) is 6.29 Å². The van der Waals surface area contributed by atoms with Crippen LogP contribution in [0, 0.1) is 5.82 Å². The number of hydrogen-bond acceptors (Lipinski definition) is 6. The Balaban J connectivity index is 0.00000156. The topological polar surface area (TPSA) is 70.5 Å². The molecule has 2 aliphatic heterocycles. The van der Waals surface area contributed by atoms with Crippen LogP contribution in [0.1, 0.15) is 29.0 Å². The highest BCUT2D eigenvalue weighted by atomic mass is 35.5. The van der Waals surface area contributed by atoms with E-state index in [1.807, 2.05) is 13.0 Å². The number of piperazine rings is 1. The summed E-state index contributed by atoms with van der Waals surface area (Å²) in [5.41, 5.74) is 3.11. The van der Waals surface area contributed by atoms with Gasteiger partial charge >= 0.3 is 0 Å². The fourth-order valence-electron chi connectivity index (χ4n) is 4.61. The minimum Gasteiger partial charge on any atom is -0.368 e. The van der Waals surface area contributed by atoms with Crippen molar-refractivity contribution in [1.29, 1.82) is 0 Å². The summed E-state index contributed by atoms with van der Waals surface area (Å²) in [7, 11) is 0. The molecule has 1 N–H and O–H groups in total. The molecule has 7 nitrogen and oxygen atoms in total. The van der Waals surface area contributed by atoms with E-state index in [2.05, 4.69) is 27.9 Å². The van der Waals surface area contributed by atoms with Gasteiger partial charge in [0, 0.05) is 43.6 Å². The molecule has 1 atom stereocenters. The standard InChI is InChI=1S/C25H22Cl2FN5O2.CH4S/c1-15-23(25(35)32-10-8-31(9-11-32)19-5-3-17(28)4-6-19)24(16-2-7-20(26)21(27)12-16)33-22(29-15)13-18(14-34)30-33;1-2/h2-7,12-14,24,29H,8-11H2,1H3;2H,1H3. The lowest BCUT2D eigenvalue weighted by molar-refractivity contribution is -0.128. The van der Waals surface area contributed by atoms with E-state index in [1.54, 1.807) is 46.2 Å². The van der Waals surface area contributed by atoms with E-state index in [1.165, 1.54) is 12.1 Å². The van der Waals surface area contributed by atoms with Gasteiger partial charge in [-0.15, -0.1) is 0 Å². The second-order valence-corrected chi connectivity index (χ2v) is 9.33. The molecule has 5 rings (SSSR count). The average Bonchev–Trinajstić information content (AvgIpc) is 3.33. The molecule has 1 aromatic heterocycles. The SMILES string of the molecule is CC1=C(C(=O)N2CCN(c3ccc(F)cc3)CC2)C(c2ccc(Cl)c(Cl)c2)n2nc(C=O)cc2N1.CS. The first-order chi connectivity index (χ1) is 17.9. The van der Waals surface area contributed by atoms with E-state index in [9.17, 15) is 14.0 Å². The molecule has 1 amide bonds. The summed E-state index contributed by atoms with van der Waals surface area (Å²) >= 11 is 16.0. The number of amides is 1. The molecule has 0 bridgehead atoms. The monoisotopic (exact) mass is 561 g/mol.